The summed E-state index contributed by atoms with van der Waals surface area (Å²) >= 11 is 1.50. The molecule has 2 rings (SSSR count). The molecule has 5 heteroatoms. The van der Waals surface area contributed by atoms with Gasteiger partial charge in [0.25, 0.3) is 0 Å². The Morgan fingerprint density at radius 3 is 2.71 bits per heavy atom. The molecule has 0 saturated heterocycles. The van der Waals surface area contributed by atoms with Crippen molar-refractivity contribution in [2.24, 2.45) is 0 Å². The molecule has 0 radical (unpaired) electrons. The largest absolute Gasteiger partial charge is 0.326 e. The lowest BCUT2D eigenvalue weighted by molar-refractivity contribution is -0.115. The first-order valence-electron chi connectivity index (χ1n) is 6.36. The Morgan fingerprint density at radius 1 is 1.24 bits per heavy atom. The summed E-state index contributed by atoms with van der Waals surface area (Å²) < 4.78 is 12.7. The van der Waals surface area contributed by atoms with Gasteiger partial charge in [0.2, 0.25) is 5.91 Å². The van der Waals surface area contributed by atoms with Crippen molar-refractivity contribution >= 4 is 23.4 Å². The van der Waals surface area contributed by atoms with Gasteiger partial charge in [0, 0.05) is 22.8 Å². The van der Waals surface area contributed by atoms with E-state index < -0.39 is 0 Å². The molecule has 1 N–H and O–H groups in total. The standard InChI is InChI=1S/C16H13FN2OS/c17-13-4-6-15(7-5-13)21-9-8-16(20)19-14-3-1-2-12(10-14)11-18/h1-7,10H,8-9H2,(H,19,20). The average molecular weight is 300 g/mol. The number of nitriles is 1. The van der Waals surface area contributed by atoms with Gasteiger partial charge < -0.3 is 5.32 Å². The number of anilines is 1. The van der Waals surface area contributed by atoms with Crippen LogP contribution in [0.25, 0.3) is 0 Å². The average Bonchev–Trinajstić information content (AvgIpc) is 2.49. The molecule has 0 saturated carbocycles. The third-order valence-electron chi connectivity index (χ3n) is 2.69. The van der Waals surface area contributed by atoms with Crippen molar-refractivity contribution in [3.63, 3.8) is 0 Å². The Balaban J connectivity index is 1.79. The summed E-state index contributed by atoms with van der Waals surface area (Å²) in [4.78, 5) is 12.7. The van der Waals surface area contributed by atoms with Crippen LogP contribution in [0.15, 0.2) is 53.4 Å². The Hall–Kier alpha value is -2.32. The van der Waals surface area contributed by atoms with Gasteiger partial charge >= 0.3 is 0 Å². The van der Waals surface area contributed by atoms with Crippen molar-refractivity contribution in [2.75, 3.05) is 11.1 Å². The summed E-state index contributed by atoms with van der Waals surface area (Å²) in [5, 5.41) is 11.5. The van der Waals surface area contributed by atoms with Gasteiger partial charge in [-0.25, -0.2) is 4.39 Å². The topological polar surface area (TPSA) is 52.9 Å². The van der Waals surface area contributed by atoms with Gasteiger partial charge in [-0.1, -0.05) is 6.07 Å². The number of halogens is 1. The van der Waals surface area contributed by atoms with E-state index >= 15 is 0 Å². The first-order valence-corrected chi connectivity index (χ1v) is 7.34. The molecule has 0 aliphatic heterocycles. The lowest BCUT2D eigenvalue weighted by Crippen LogP contribution is -2.12. The maximum Gasteiger partial charge on any atom is 0.225 e. The molecule has 106 valence electrons. The Kier molecular flexibility index (Phi) is 5.35. The number of thioether (sulfide) groups is 1. The Morgan fingerprint density at radius 2 is 2.00 bits per heavy atom. The van der Waals surface area contributed by atoms with Crippen LogP contribution in [0.3, 0.4) is 0 Å². The van der Waals surface area contributed by atoms with Gasteiger partial charge in [0.15, 0.2) is 0 Å². The van der Waals surface area contributed by atoms with Crippen LogP contribution >= 0.6 is 11.8 Å². The summed E-state index contributed by atoms with van der Waals surface area (Å²) in [5.41, 5.74) is 1.12. The minimum absolute atomic E-state index is 0.111. The van der Waals surface area contributed by atoms with Crippen molar-refractivity contribution in [1.82, 2.24) is 0 Å². The number of benzene rings is 2. The molecule has 2 aromatic carbocycles. The first-order chi connectivity index (χ1) is 10.2. The van der Waals surface area contributed by atoms with E-state index in [1.54, 1.807) is 36.4 Å². The van der Waals surface area contributed by atoms with E-state index in [9.17, 15) is 9.18 Å². The summed E-state index contributed by atoms with van der Waals surface area (Å²) in [7, 11) is 0. The highest BCUT2D eigenvalue weighted by Gasteiger charge is 2.04. The number of rotatable bonds is 5. The number of nitrogens with zero attached hydrogens (tertiary/aromatic N) is 1. The van der Waals surface area contributed by atoms with Crippen LogP contribution in [-0.4, -0.2) is 11.7 Å². The molecule has 0 aliphatic rings. The van der Waals surface area contributed by atoms with E-state index in [4.69, 9.17) is 5.26 Å². The highest BCUT2D eigenvalue weighted by atomic mass is 32.2. The zero-order chi connectivity index (χ0) is 15.1. The molecule has 21 heavy (non-hydrogen) atoms. The molecule has 0 heterocycles. The smallest absolute Gasteiger partial charge is 0.225 e. The predicted octanol–water partition coefficient (Wildman–Crippen LogP) is 3.82. The van der Waals surface area contributed by atoms with Gasteiger partial charge in [-0.05, 0) is 42.5 Å². The monoisotopic (exact) mass is 300 g/mol. The van der Waals surface area contributed by atoms with E-state index in [0.717, 1.165) is 4.90 Å². The maximum atomic E-state index is 12.7. The number of amides is 1. The molecule has 0 unspecified atom stereocenters. The van der Waals surface area contributed by atoms with Gasteiger partial charge in [-0.3, -0.25) is 4.79 Å². The third-order valence-corrected chi connectivity index (χ3v) is 3.70. The zero-order valence-corrected chi connectivity index (χ0v) is 12.0. The quantitative estimate of drug-likeness (QED) is 0.854. The van der Waals surface area contributed by atoms with Crippen LogP contribution in [-0.2, 0) is 4.79 Å². The molecule has 1 amide bonds. The van der Waals surface area contributed by atoms with E-state index in [1.165, 1.54) is 23.9 Å². The van der Waals surface area contributed by atoms with Crippen molar-refractivity contribution in [2.45, 2.75) is 11.3 Å². The summed E-state index contributed by atoms with van der Waals surface area (Å²) in [6.07, 6.45) is 0.346. The van der Waals surface area contributed by atoms with E-state index in [-0.39, 0.29) is 11.7 Å². The van der Waals surface area contributed by atoms with Crippen LogP contribution < -0.4 is 5.32 Å². The molecule has 0 atom stereocenters. The number of hydrogen-bond donors (Lipinski definition) is 1. The molecular weight excluding hydrogens is 287 g/mol. The molecule has 2 aromatic rings. The van der Waals surface area contributed by atoms with Gasteiger partial charge in [0.1, 0.15) is 5.82 Å². The maximum absolute atomic E-state index is 12.7. The van der Waals surface area contributed by atoms with Gasteiger partial charge in [0.05, 0.1) is 11.6 Å². The highest BCUT2D eigenvalue weighted by Crippen LogP contribution is 2.19. The molecule has 0 spiro atoms. The van der Waals surface area contributed by atoms with E-state index in [0.29, 0.717) is 23.4 Å². The van der Waals surface area contributed by atoms with Crippen LogP contribution in [0.4, 0.5) is 10.1 Å². The van der Waals surface area contributed by atoms with Crippen molar-refractivity contribution < 1.29 is 9.18 Å². The van der Waals surface area contributed by atoms with Crippen LogP contribution in [0.1, 0.15) is 12.0 Å². The molecule has 0 fully saturated rings. The van der Waals surface area contributed by atoms with Crippen LogP contribution in [0, 0.1) is 17.1 Å². The fourth-order valence-corrected chi connectivity index (χ4v) is 2.53. The van der Waals surface area contributed by atoms with Gasteiger partial charge in [-0.2, -0.15) is 5.26 Å². The predicted molar refractivity (Wildman–Crippen MR) is 81.5 cm³/mol. The van der Waals surface area contributed by atoms with Crippen LogP contribution in [0.2, 0.25) is 0 Å². The summed E-state index contributed by atoms with van der Waals surface area (Å²) in [6.45, 7) is 0. The molecular formula is C16H13FN2OS. The highest BCUT2D eigenvalue weighted by molar-refractivity contribution is 7.99. The number of nitrogens with one attached hydrogen (secondary N) is 1. The van der Waals surface area contributed by atoms with Crippen LogP contribution in [0.5, 0.6) is 0 Å². The molecule has 0 aromatic heterocycles. The zero-order valence-electron chi connectivity index (χ0n) is 11.2. The lowest BCUT2D eigenvalue weighted by atomic mass is 10.2. The normalized spacial score (nSPS) is 9.90. The summed E-state index contributed by atoms with van der Waals surface area (Å²) in [6, 6.07) is 15.0. The van der Waals surface area contributed by atoms with E-state index in [1.807, 2.05) is 6.07 Å². The van der Waals surface area contributed by atoms with Gasteiger partial charge in [-0.15, -0.1) is 11.8 Å². The first kappa shape index (κ1) is 15.1. The molecule has 3 nitrogen and oxygen atoms in total. The number of hydrogen-bond acceptors (Lipinski definition) is 3. The van der Waals surface area contributed by atoms with Crippen molar-refractivity contribution in [1.29, 1.82) is 5.26 Å². The second-order valence-corrected chi connectivity index (χ2v) is 5.46. The fraction of sp³-hybridized carbons (Fsp3) is 0.125. The summed E-state index contributed by atoms with van der Waals surface area (Å²) in [5.74, 6) is 0.226. The number of carbonyl (C=O) groups is 1. The minimum atomic E-state index is -0.269. The Labute approximate surface area is 126 Å². The lowest BCUT2D eigenvalue weighted by Gasteiger charge is -2.05. The molecule has 0 aliphatic carbocycles. The molecule has 0 bridgehead atoms. The number of carbonyl (C=O) groups excluding carboxylic acids is 1. The Bertz CT molecular complexity index is 665. The van der Waals surface area contributed by atoms with Crippen molar-refractivity contribution in [3.05, 3.63) is 59.9 Å². The van der Waals surface area contributed by atoms with E-state index in [2.05, 4.69) is 5.32 Å². The van der Waals surface area contributed by atoms with Crippen molar-refractivity contribution in [3.8, 4) is 6.07 Å². The SMILES string of the molecule is N#Cc1cccc(NC(=O)CCSc2ccc(F)cc2)c1. The second kappa shape index (κ2) is 7.46. The third kappa shape index (κ3) is 4.93. The minimum Gasteiger partial charge on any atom is -0.326 e. The second-order valence-electron chi connectivity index (χ2n) is 4.29. The fourth-order valence-electron chi connectivity index (χ4n) is 1.68.